The monoisotopic (exact) mass is 470 g/mol. The lowest BCUT2D eigenvalue weighted by molar-refractivity contribution is -0.152. The first kappa shape index (κ1) is 28.1. The van der Waals surface area contributed by atoms with E-state index in [1.807, 2.05) is 44.2 Å². The van der Waals surface area contributed by atoms with Gasteiger partial charge in [-0.05, 0) is 31.7 Å². The van der Waals surface area contributed by atoms with Crippen LogP contribution >= 0.6 is 0 Å². The van der Waals surface area contributed by atoms with E-state index in [0.29, 0.717) is 0 Å². The number of sulfone groups is 1. The third kappa shape index (κ3) is 11.1. The summed E-state index contributed by atoms with van der Waals surface area (Å²) < 4.78 is 34.3. The fourth-order valence-electron chi connectivity index (χ4n) is 2.91. The quantitative estimate of drug-likeness (QED) is 0.398. The average molecular weight is 471 g/mol. The van der Waals surface area contributed by atoms with Crippen LogP contribution in [0.3, 0.4) is 0 Å². The number of carbonyl (C=O) groups excluding carboxylic acids is 2. The number of nitrogens with one attached hydrogen (secondary N) is 1. The molecule has 8 nitrogen and oxygen atoms in total. The Hall–Kier alpha value is -1.97. The number of ether oxygens (including phenoxy) is 2. The molecule has 0 spiro atoms. The highest BCUT2D eigenvalue weighted by atomic mass is 32.2. The summed E-state index contributed by atoms with van der Waals surface area (Å²) in [5.41, 5.74) is 7.06. The maximum Gasteiger partial charge on any atom is 0.328 e. The molecule has 0 aromatic heterocycles. The van der Waals surface area contributed by atoms with Crippen molar-refractivity contribution in [2.24, 2.45) is 11.7 Å². The first-order chi connectivity index (χ1) is 14.9. The van der Waals surface area contributed by atoms with E-state index in [0.717, 1.165) is 18.2 Å². The molecule has 32 heavy (non-hydrogen) atoms. The van der Waals surface area contributed by atoms with E-state index < -0.39 is 40.0 Å². The molecule has 9 heteroatoms. The summed E-state index contributed by atoms with van der Waals surface area (Å²) in [4.78, 5) is 25.6. The highest BCUT2D eigenvalue weighted by Gasteiger charge is 2.29. The third-order valence-electron chi connectivity index (χ3n) is 5.15. The number of rotatable bonds is 14. The molecular formula is C23H38N2O6S. The molecule has 0 aliphatic carbocycles. The molecule has 1 rings (SSSR count). The minimum absolute atomic E-state index is 0.0828. The van der Waals surface area contributed by atoms with E-state index in [2.05, 4.69) is 5.32 Å². The van der Waals surface area contributed by atoms with Crippen molar-refractivity contribution in [1.82, 2.24) is 5.32 Å². The van der Waals surface area contributed by atoms with Gasteiger partial charge in [0.15, 0.2) is 0 Å². The highest BCUT2D eigenvalue weighted by Crippen LogP contribution is 2.12. The van der Waals surface area contributed by atoms with Crippen LogP contribution in [0.1, 0.15) is 46.1 Å². The van der Waals surface area contributed by atoms with Crippen molar-refractivity contribution in [3.8, 4) is 0 Å². The van der Waals surface area contributed by atoms with E-state index in [4.69, 9.17) is 15.2 Å². The highest BCUT2D eigenvalue weighted by molar-refractivity contribution is 7.90. The first-order valence-corrected chi connectivity index (χ1v) is 13.1. The molecule has 1 aromatic carbocycles. The second-order valence-corrected chi connectivity index (χ2v) is 10.8. The molecule has 1 unspecified atom stereocenters. The van der Waals surface area contributed by atoms with Crippen molar-refractivity contribution in [2.75, 3.05) is 18.6 Å². The smallest absolute Gasteiger partial charge is 0.328 e. The maximum absolute atomic E-state index is 13.1. The van der Waals surface area contributed by atoms with Gasteiger partial charge in [-0.15, -0.1) is 0 Å². The molecule has 0 saturated heterocycles. The number of benzene rings is 1. The van der Waals surface area contributed by atoms with E-state index >= 15 is 0 Å². The summed E-state index contributed by atoms with van der Waals surface area (Å²) in [6.45, 7) is 7.61. The van der Waals surface area contributed by atoms with Crippen LogP contribution in [-0.4, -0.2) is 63.2 Å². The molecule has 0 fully saturated rings. The van der Waals surface area contributed by atoms with Gasteiger partial charge in [0.2, 0.25) is 5.91 Å². The first-order valence-electron chi connectivity index (χ1n) is 11.0. The number of esters is 1. The van der Waals surface area contributed by atoms with E-state index in [-0.39, 0.29) is 37.2 Å². The number of hydrogen-bond donors (Lipinski definition) is 2. The van der Waals surface area contributed by atoms with Crippen molar-refractivity contribution in [3.05, 3.63) is 35.9 Å². The fraction of sp³-hybridized carbons (Fsp3) is 0.652. The van der Waals surface area contributed by atoms with Crippen LogP contribution in [-0.2, 0) is 35.3 Å². The van der Waals surface area contributed by atoms with E-state index in [1.165, 1.54) is 0 Å². The molecule has 0 saturated carbocycles. The number of amides is 1. The zero-order chi connectivity index (χ0) is 24.3. The Morgan fingerprint density at radius 2 is 1.75 bits per heavy atom. The zero-order valence-corrected chi connectivity index (χ0v) is 20.6. The molecule has 1 amide bonds. The second kappa shape index (κ2) is 13.5. The summed E-state index contributed by atoms with van der Waals surface area (Å²) in [6, 6.07) is 8.04. The normalized spacial score (nSPS) is 15.6. The Labute approximate surface area is 192 Å². The minimum Gasteiger partial charge on any atom is -0.461 e. The Bertz CT molecular complexity index is 813. The molecular weight excluding hydrogens is 432 g/mol. The van der Waals surface area contributed by atoms with Crippen molar-refractivity contribution in [1.29, 1.82) is 0 Å². The Kier molecular flexibility index (Phi) is 11.9. The summed E-state index contributed by atoms with van der Waals surface area (Å²) >= 11 is 0. The maximum atomic E-state index is 13.1. The van der Waals surface area contributed by atoms with E-state index in [9.17, 15) is 18.0 Å². The molecule has 0 radical (unpaired) electrons. The molecule has 0 aliphatic heterocycles. The topological polar surface area (TPSA) is 125 Å². The Morgan fingerprint density at radius 3 is 2.28 bits per heavy atom. The molecule has 182 valence electrons. The number of nitrogens with two attached hydrogens (primary N) is 1. The van der Waals surface area contributed by atoms with Gasteiger partial charge in [0, 0.05) is 18.7 Å². The lowest BCUT2D eigenvalue weighted by Gasteiger charge is -2.25. The lowest BCUT2D eigenvalue weighted by atomic mass is 10.0. The molecule has 1 aromatic rings. The minimum atomic E-state index is -3.33. The van der Waals surface area contributed by atoms with Gasteiger partial charge in [-0.2, -0.15) is 0 Å². The molecule has 0 heterocycles. The largest absolute Gasteiger partial charge is 0.461 e. The van der Waals surface area contributed by atoms with Gasteiger partial charge in [-0.1, -0.05) is 50.6 Å². The molecule has 4 atom stereocenters. The zero-order valence-electron chi connectivity index (χ0n) is 19.7. The van der Waals surface area contributed by atoms with Gasteiger partial charge in [-0.25, -0.2) is 13.2 Å². The predicted octanol–water partition coefficient (Wildman–Crippen LogP) is 1.86. The number of carbonyl (C=O) groups is 2. The van der Waals surface area contributed by atoms with Crippen LogP contribution in [0.4, 0.5) is 0 Å². The Balaban J connectivity index is 2.99. The summed E-state index contributed by atoms with van der Waals surface area (Å²) in [6.07, 6.45) is 0.884. The summed E-state index contributed by atoms with van der Waals surface area (Å²) in [5, 5.41) is 2.64. The number of hydrogen-bond acceptors (Lipinski definition) is 7. The fourth-order valence-corrected chi connectivity index (χ4v) is 3.57. The summed E-state index contributed by atoms with van der Waals surface area (Å²) in [7, 11) is -3.33. The SMILES string of the molecule is CC[C@H](C)[C@H](N)COC(Cc1ccccc1)C(=O)N[C@@H](CCS(C)(=O)=O)C(=O)OC(C)C. The van der Waals surface area contributed by atoms with Crippen molar-refractivity contribution in [2.45, 2.75) is 71.2 Å². The predicted molar refractivity (Wildman–Crippen MR) is 125 cm³/mol. The third-order valence-corrected chi connectivity index (χ3v) is 6.13. The van der Waals surface area contributed by atoms with Crippen LogP contribution in [0.2, 0.25) is 0 Å². The van der Waals surface area contributed by atoms with Gasteiger partial charge in [-0.3, -0.25) is 4.79 Å². The molecule has 3 N–H and O–H groups in total. The van der Waals surface area contributed by atoms with Gasteiger partial charge in [0.1, 0.15) is 22.0 Å². The standard InChI is InChI=1S/C23H38N2O6S/c1-6-17(4)19(24)15-30-21(14-18-10-8-7-9-11-18)22(26)25-20(12-13-32(5,28)29)23(27)31-16(2)3/h7-11,16-17,19-21H,6,12-15,24H2,1-5H3,(H,25,26)/t17-,19+,20-,21?/m0/s1. The second-order valence-electron chi connectivity index (χ2n) is 8.53. The van der Waals surface area contributed by atoms with Gasteiger partial charge < -0.3 is 20.5 Å². The molecule has 0 aliphatic rings. The van der Waals surface area contributed by atoms with Crippen LogP contribution < -0.4 is 11.1 Å². The van der Waals surface area contributed by atoms with Gasteiger partial charge >= 0.3 is 5.97 Å². The van der Waals surface area contributed by atoms with Crippen LogP contribution in [0.5, 0.6) is 0 Å². The van der Waals surface area contributed by atoms with Crippen LogP contribution in [0, 0.1) is 5.92 Å². The van der Waals surface area contributed by atoms with Crippen LogP contribution in [0.25, 0.3) is 0 Å². The summed E-state index contributed by atoms with van der Waals surface area (Å²) in [5.74, 6) is -1.22. The Morgan fingerprint density at radius 1 is 1.12 bits per heavy atom. The van der Waals surface area contributed by atoms with Crippen molar-refractivity contribution >= 4 is 21.7 Å². The van der Waals surface area contributed by atoms with Crippen molar-refractivity contribution < 1.29 is 27.5 Å². The van der Waals surface area contributed by atoms with Crippen molar-refractivity contribution in [3.63, 3.8) is 0 Å². The average Bonchev–Trinajstić information content (AvgIpc) is 2.72. The van der Waals surface area contributed by atoms with Gasteiger partial charge in [0.05, 0.1) is 18.5 Å². The molecule has 0 bridgehead atoms. The lowest BCUT2D eigenvalue weighted by Crippen LogP contribution is -2.49. The van der Waals surface area contributed by atoms with Crippen LogP contribution in [0.15, 0.2) is 30.3 Å². The van der Waals surface area contributed by atoms with E-state index in [1.54, 1.807) is 13.8 Å². The van der Waals surface area contributed by atoms with Gasteiger partial charge in [0.25, 0.3) is 0 Å².